The number of hydrogen-bond acceptors (Lipinski definition) is 2. The number of aromatic carboxylic acids is 1. The molecule has 2 saturated carbocycles. The normalized spacial score (nSPS) is 28.9. The Bertz CT molecular complexity index is 518. The standard InChI is InChI=1S/C13H13F2NO2/c14-9-5-10(15)12(4-8(9)13(17)18)16-11-2-1-6-3-7(6)11/h4-7,11,16H,1-3H2,(H,17,18). The third-order valence-corrected chi connectivity index (χ3v) is 3.97. The summed E-state index contributed by atoms with van der Waals surface area (Å²) in [5.41, 5.74) is -0.407. The summed E-state index contributed by atoms with van der Waals surface area (Å²) in [6, 6.07) is 1.87. The van der Waals surface area contributed by atoms with Gasteiger partial charge in [0.05, 0.1) is 11.3 Å². The van der Waals surface area contributed by atoms with Crippen molar-refractivity contribution in [1.29, 1.82) is 0 Å². The summed E-state index contributed by atoms with van der Waals surface area (Å²) in [6.45, 7) is 0. The van der Waals surface area contributed by atoms with Gasteiger partial charge in [-0.05, 0) is 37.2 Å². The van der Waals surface area contributed by atoms with Gasteiger partial charge in [-0.1, -0.05) is 0 Å². The van der Waals surface area contributed by atoms with Gasteiger partial charge in [0.25, 0.3) is 0 Å². The number of halogens is 2. The van der Waals surface area contributed by atoms with Crippen LogP contribution in [-0.4, -0.2) is 17.1 Å². The highest BCUT2D eigenvalue weighted by atomic mass is 19.1. The van der Waals surface area contributed by atoms with E-state index in [1.807, 2.05) is 0 Å². The Balaban J connectivity index is 1.86. The van der Waals surface area contributed by atoms with Gasteiger partial charge in [-0.15, -0.1) is 0 Å². The van der Waals surface area contributed by atoms with E-state index in [1.165, 1.54) is 0 Å². The van der Waals surface area contributed by atoms with Crippen LogP contribution in [0.3, 0.4) is 0 Å². The molecular weight excluding hydrogens is 240 g/mol. The summed E-state index contributed by atoms with van der Waals surface area (Å²) < 4.78 is 26.8. The van der Waals surface area contributed by atoms with Crippen LogP contribution in [0.15, 0.2) is 12.1 Å². The molecule has 2 aliphatic carbocycles. The van der Waals surface area contributed by atoms with E-state index in [2.05, 4.69) is 5.32 Å². The van der Waals surface area contributed by atoms with Gasteiger partial charge in [-0.3, -0.25) is 0 Å². The second-order valence-corrected chi connectivity index (χ2v) is 5.10. The average molecular weight is 253 g/mol. The maximum Gasteiger partial charge on any atom is 0.338 e. The van der Waals surface area contributed by atoms with Crippen LogP contribution >= 0.6 is 0 Å². The number of carbonyl (C=O) groups is 1. The second-order valence-electron chi connectivity index (χ2n) is 5.10. The van der Waals surface area contributed by atoms with Crippen molar-refractivity contribution in [2.75, 3.05) is 5.32 Å². The van der Waals surface area contributed by atoms with Crippen LogP contribution in [-0.2, 0) is 0 Å². The molecule has 3 rings (SSSR count). The van der Waals surface area contributed by atoms with Gasteiger partial charge in [-0.25, -0.2) is 13.6 Å². The Hall–Kier alpha value is -1.65. The Morgan fingerprint density at radius 2 is 2.06 bits per heavy atom. The lowest BCUT2D eigenvalue weighted by Gasteiger charge is -2.17. The van der Waals surface area contributed by atoms with E-state index in [0.29, 0.717) is 12.0 Å². The van der Waals surface area contributed by atoms with Crippen LogP contribution < -0.4 is 5.32 Å². The van der Waals surface area contributed by atoms with Gasteiger partial charge in [0.15, 0.2) is 0 Å². The van der Waals surface area contributed by atoms with Crippen LogP contribution in [0.4, 0.5) is 14.5 Å². The number of rotatable bonds is 3. The minimum Gasteiger partial charge on any atom is -0.478 e. The number of anilines is 1. The van der Waals surface area contributed by atoms with Crippen molar-refractivity contribution in [3.05, 3.63) is 29.3 Å². The number of hydrogen-bond donors (Lipinski definition) is 2. The van der Waals surface area contributed by atoms with Gasteiger partial charge >= 0.3 is 5.97 Å². The lowest BCUT2D eigenvalue weighted by atomic mass is 10.1. The highest BCUT2D eigenvalue weighted by Crippen LogP contribution is 2.52. The molecule has 2 fully saturated rings. The maximum atomic E-state index is 13.6. The van der Waals surface area contributed by atoms with E-state index in [4.69, 9.17) is 5.11 Å². The minimum absolute atomic E-state index is 0.0892. The van der Waals surface area contributed by atoms with Gasteiger partial charge in [0, 0.05) is 12.1 Å². The highest BCUT2D eigenvalue weighted by Gasteiger charge is 2.48. The summed E-state index contributed by atoms with van der Waals surface area (Å²) in [6.07, 6.45) is 3.26. The predicted molar refractivity (Wildman–Crippen MR) is 61.6 cm³/mol. The Morgan fingerprint density at radius 3 is 2.61 bits per heavy atom. The molecule has 2 aliphatic rings. The first-order chi connectivity index (χ1) is 8.56. The number of nitrogens with one attached hydrogen (secondary N) is 1. The molecule has 0 aliphatic heterocycles. The highest BCUT2D eigenvalue weighted by molar-refractivity contribution is 5.89. The van der Waals surface area contributed by atoms with Crippen LogP contribution in [0.25, 0.3) is 0 Å². The topological polar surface area (TPSA) is 49.3 Å². The number of carboxylic acids is 1. The molecule has 2 N–H and O–H groups in total. The molecule has 1 aromatic carbocycles. The molecule has 0 amide bonds. The molecule has 3 atom stereocenters. The van der Waals surface area contributed by atoms with Crippen molar-refractivity contribution < 1.29 is 18.7 Å². The quantitative estimate of drug-likeness (QED) is 0.870. The lowest BCUT2D eigenvalue weighted by molar-refractivity contribution is 0.0692. The fraction of sp³-hybridized carbons (Fsp3) is 0.462. The van der Waals surface area contributed by atoms with Crippen molar-refractivity contribution in [2.45, 2.75) is 25.3 Å². The molecule has 0 bridgehead atoms. The molecular formula is C13H13F2NO2. The summed E-state index contributed by atoms with van der Waals surface area (Å²) in [7, 11) is 0. The first kappa shape index (κ1) is 11.4. The third-order valence-electron chi connectivity index (χ3n) is 3.97. The zero-order valence-electron chi connectivity index (χ0n) is 9.62. The number of carboxylic acid groups (broad SMARTS) is 1. The molecule has 18 heavy (non-hydrogen) atoms. The smallest absolute Gasteiger partial charge is 0.338 e. The Kier molecular flexibility index (Phi) is 2.50. The van der Waals surface area contributed by atoms with Gasteiger partial charge in [0.2, 0.25) is 0 Å². The Labute approximate surface area is 103 Å². The molecule has 3 nitrogen and oxygen atoms in total. The van der Waals surface area contributed by atoms with Crippen molar-refractivity contribution in [3.63, 3.8) is 0 Å². The molecule has 0 spiro atoms. The van der Waals surface area contributed by atoms with Crippen LogP contribution in [0, 0.1) is 23.5 Å². The molecule has 0 aromatic heterocycles. The van der Waals surface area contributed by atoms with E-state index >= 15 is 0 Å². The molecule has 0 heterocycles. The van der Waals surface area contributed by atoms with E-state index in [9.17, 15) is 13.6 Å². The number of benzene rings is 1. The summed E-state index contributed by atoms with van der Waals surface area (Å²) in [4.78, 5) is 10.8. The van der Waals surface area contributed by atoms with Crippen LogP contribution in [0.2, 0.25) is 0 Å². The van der Waals surface area contributed by atoms with Crippen LogP contribution in [0.5, 0.6) is 0 Å². The van der Waals surface area contributed by atoms with Crippen LogP contribution in [0.1, 0.15) is 29.6 Å². The van der Waals surface area contributed by atoms with Crippen molar-refractivity contribution in [1.82, 2.24) is 0 Å². The first-order valence-corrected chi connectivity index (χ1v) is 6.05. The third kappa shape index (κ3) is 1.83. The SMILES string of the molecule is O=C(O)c1cc(NC2CCC3CC32)c(F)cc1F. The van der Waals surface area contributed by atoms with Gasteiger partial charge < -0.3 is 10.4 Å². The summed E-state index contributed by atoms with van der Waals surface area (Å²) in [5.74, 6) is -1.85. The molecule has 0 saturated heterocycles. The maximum absolute atomic E-state index is 13.6. The minimum atomic E-state index is -1.38. The fourth-order valence-corrected chi connectivity index (χ4v) is 2.91. The van der Waals surface area contributed by atoms with Gasteiger partial charge in [0.1, 0.15) is 11.6 Å². The predicted octanol–water partition coefficient (Wildman–Crippen LogP) is 2.87. The molecule has 5 heteroatoms. The first-order valence-electron chi connectivity index (χ1n) is 6.05. The van der Waals surface area contributed by atoms with Crippen molar-refractivity contribution in [3.8, 4) is 0 Å². The average Bonchev–Trinajstić information content (AvgIpc) is 2.98. The van der Waals surface area contributed by atoms with Crippen molar-refractivity contribution >= 4 is 11.7 Å². The molecule has 1 aromatic rings. The largest absolute Gasteiger partial charge is 0.478 e. The molecule has 0 radical (unpaired) electrons. The summed E-state index contributed by atoms with van der Waals surface area (Å²) >= 11 is 0. The zero-order chi connectivity index (χ0) is 12.9. The molecule has 96 valence electrons. The van der Waals surface area contributed by atoms with E-state index in [0.717, 1.165) is 31.2 Å². The van der Waals surface area contributed by atoms with Gasteiger partial charge in [-0.2, -0.15) is 0 Å². The van der Waals surface area contributed by atoms with E-state index in [-0.39, 0.29) is 11.7 Å². The monoisotopic (exact) mass is 253 g/mol. The number of fused-ring (bicyclic) bond motifs is 1. The second kappa shape index (κ2) is 3.93. The zero-order valence-corrected chi connectivity index (χ0v) is 9.62. The lowest BCUT2D eigenvalue weighted by Crippen LogP contribution is -2.20. The molecule has 3 unspecified atom stereocenters. The van der Waals surface area contributed by atoms with Crippen molar-refractivity contribution in [2.24, 2.45) is 11.8 Å². The fourth-order valence-electron chi connectivity index (χ4n) is 2.91. The van der Waals surface area contributed by atoms with E-state index < -0.39 is 23.2 Å². The summed E-state index contributed by atoms with van der Waals surface area (Å²) in [5, 5.41) is 11.8. The Morgan fingerprint density at radius 1 is 1.28 bits per heavy atom. The van der Waals surface area contributed by atoms with E-state index in [1.54, 1.807) is 0 Å².